The van der Waals surface area contributed by atoms with Gasteiger partial charge in [-0.15, -0.1) is 0 Å². The van der Waals surface area contributed by atoms with E-state index < -0.39 is 12.1 Å². The molecule has 0 fully saturated rings. The fourth-order valence-corrected chi connectivity index (χ4v) is 3.26. The minimum absolute atomic E-state index is 0.00416. The van der Waals surface area contributed by atoms with E-state index in [0.717, 1.165) is 36.3 Å². The van der Waals surface area contributed by atoms with Crippen LogP contribution in [0.25, 0.3) is 11.1 Å². The third kappa shape index (κ3) is 9.82. The van der Waals surface area contributed by atoms with Gasteiger partial charge in [-0.3, -0.25) is 0 Å². The predicted octanol–water partition coefficient (Wildman–Crippen LogP) is 7.15. The molecule has 0 aliphatic carbocycles. The molecular weight excluding hydrogens is 407 g/mol. The van der Waals surface area contributed by atoms with Crippen LogP contribution in [0.1, 0.15) is 65.2 Å². The standard InChI is InChI=1S/C27H37FO4/c1-3-5-6-7-8-9-20-31-24-14-10-22(11-15-24)23-12-16-25(17-13-23)32-27(29)26(28)18-21-30-19-4-2/h10-17,26H,3-9,18-21H2,1-2H3. The Morgan fingerprint density at radius 2 is 1.34 bits per heavy atom. The number of unbranched alkanes of at least 4 members (excludes halogenated alkanes) is 5. The van der Waals surface area contributed by atoms with Crippen molar-refractivity contribution in [3.63, 3.8) is 0 Å². The maximum atomic E-state index is 13.9. The zero-order chi connectivity index (χ0) is 23.0. The molecule has 32 heavy (non-hydrogen) atoms. The van der Waals surface area contributed by atoms with Gasteiger partial charge in [0.25, 0.3) is 0 Å². The molecule has 0 aliphatic heterocycles. The fourth-order valence-electron chi connectivity index (χ4n) is 3.26. The van der Waals surface area contributed by atoms with Gasteiger partial charge in [0.1, 0.15) is 11.5 Å². The SMILES string of the molecule is CCCCCCCCOc1ccc(-c2ccc(OC(=O)C(F)CCOCCC)cc2)cc1. The van der Waals surface area contributed by atoms with Gasteiger partial charge >= 0.3 is 5.97 Å². The molecule has 176 valence electrons. The van der Waals surface area contributed by atoms with Crippen LogP contribution >= 0.6 is 0 Å². The maximum absolute atomic E-state index is 13.9. The summed E-state index contributed by atoms with van der Waals surface area (Å²) >= 11 is 0. The number of hydrogen-bond acceptors (Lipinski definition) is 4. The van der Waals surface area contributed by atoms with Gasteiger partial charge in [0.2, 0.25) is 0 Å². The molecule has 0 aliphatic rings. The van der Waals surface area contributed by atoms with Crippen molar-refractivity contribution >= 4 is 5.97 Å². The van der Waals surface area contributed by atoms with Gasteiger partial charge in [-0.1, -0.05) is 70.2 Å². The lowest BCUT2D eigenvalue weighted by atomic mass is 10.1. The number of rotatable bonds is 16. The second-order valence-corrected chi connectivity index (χ2v) is 7.95. The molecule has 2 aromatic carbocycles. The summed E-state index contributed by atoms with van der Waals surface area (Å²) in [7, 11) is 0. The summed E-state index contributed by atoms with van der Waals surface area (Å²) in [6.07, 6.45) is 6.65. The molecule has 4 nitrogen and oxygen atoms in total. The van der Waals surface area contributed by atoms with Gasteiger partial charge in [0.15, 0.2) is 6.17 Å². The fraction of sp³-hybridized carbons (Fsp3) is 0.519. The van der Waals surface area contributed by atoms with Crippen molar-refractivity contribution in [2.24, 2.45) is 0 Å². The number of carbonyl (C=O) groups is 1. The normalized spacial score (nSPS) is 11.8. The number of esters is 1. The molecule has 0 heterocycles. The molecule has 0 saturated heterocycles. The van der Waals surface area contributed by atoms with E-state index in [-0.39, 0.29) is 13.0 Å². The van der Waals surface area contributed by atoms with Gasteiger partial charge in [0.05, 0.1) is 6.61 Å². The van der Waals surface area contributed by atoms with Gasteiger partial charge < -0.3 is 14.2 Å². The van der Waals surface area contributed by atoms with Crippen LogP contribution in [-0.2, 0) is 9.53 Å². The molecule has 0 amide bonds. The van der Waals surface area contributed by atoms with Crippen molar-refractivity contribution in [2.75, 3.05) is 19.8 Å². The third-order valence-corrected chi connectivity index (χ3v) is 5.15. The molecule has 0 aromatic heterocycles. The van der Waals surface area contributed by atoms with Crippen molar-refractivity contribution in [2.45, 2.75) is 71.4 Å². The Balaban J connectivity index is 1.75. The van der Waals surface area contributed by atoms with Crippen molar-refractivity contribution in [3.8, 4) is 22.6 Å². The quantitative estimate of drug-likeness (QED) is 0.157. The van der Waals surface area contributed by atoms with Gasteiger partial charge in [-0.2, -0.15) is 0 Å². The average molecular weight is 445 g/mol. The zero-order valence-corrected chi connectivity index (χ0v) is 19.5. The first-order valence-electron chi connectivity index (χ1n) is 11.9. The highest BCUT2D eigenvalue weighted by molar-refractivity contribution is 5.77. The van der Waals surface area contributed by atoms with Crippen LogP contribution in [0.4, 0.5) is 4.39 Å². The van der Waals surface area contributed by atoms with Crippen molar-refractivity contribution in [1.82, 2.24) is 0 Å². The zero-order valence-electron chi connectivity index (χ0n) is 19.5. The van der Waals surface area contributed by atoms with Crippen LogP contribution < -0.4 is 9.47 Å². The van der Waals surface area contributed by atoms with Crippen molar-refractivity contribution in [3.05, 3.63) is 48.5 Å². The predicted molar refractivity (Wildman–Crippen MR) is 127 cm³/mol. The van der Waals surface area contributed by atoms with Gasteiger partial charge in [-0.05, 0) is 48.2 Å². The van der Waals surface area contributed by atoms with E-state index in [1.807, 2.05) is 43.3 Å². The first-order valence-corrected chi connectivity index (χ1v) is 11.9. The van der Waals surface area contributed by atoms with E-state index in [2.05, 4.69) is 6.92 Å². The molecule has 0 spiro atoms. The number of alkyl halides is 1. The van der Waals surface area contributed by atoms with Gasteiger partial charge in [-0.25, -0.2) is 9.18 Å². The Kier molecular flexibility index (Phi) is 12.5. The van der Waals surface area contributed by atoms with Crippen LogP contribution in [-0.4, -0.2) is 32.0 Å². The third-order valence-electron chi connectivity index (χ3n) is 5.15. The Bertz CT molecular complexity index is 758. The van der Waals surface area contributed by atoms with Crippen molar-refractivity contribution in [1.29, 1.82) is 0 Å². The lowest BCUT2D eigenvalue weighted by Gasteiger charge is -2.10. The molecule has 0 saturated carbocycles. The van der Waals surface area contributed by atoms with Crippen LogP contribution in [0.15, 0.2) is 48.5 Å². The van der Waals surface area contributed by atoms with Crippen LogP contribution in [0.2, 0.25) is 0 Å². The van der Waals surface area contributed by atoms with Gasteiger partial charge in [0, 0.05) is 19.6 Å². The number of carbonyl (C=O) groups excluding carboxylic acids is 1. The summed E-state index contributed by atoms with van der Waals surface area (Å²) in [5.74, 6) is 0.309. The molecule has 0 bridgehead atoms. The van der Waals surface area contributed by atoms with Crippen LogP contribution in [0, 0.1) is 0 Å². The number of halogens is 1. The second-order valence-electron chi connectivity index (χ2n) is 7.95. The van der Waals surface area contributed by atoms with E-state index >= 15 is 0 Å². The Morgan fingerprint density at radius 3 is 1.97 bits per heavy atom. The van der Waals surface area contributed by atoms with Crippen LogP contribution in [0.3, 0.4) is 0 Å². The minimum Gasteiger partial charge on any atom is -0.494 e. The molecular formula is C27H37FO4. The highest BCUT2D eigenvalue weighted by Gasteiger charge is 2.19. The number of hydrogen-bond donors (Lipinski definition) is 0. The first kappa shape index (κ1) is 25.9. The number of benzene rings is 2. The molecule has 1 atom stereocenters. The summed E-state index contributed by atoms with van der Waals surface area (Å²) in [5.41, 5.74) is 2.02. The number of ether oxygens (including phenoxy) is 3. The summed E-state index contributed by atoms with van der Waals surface area (Å²) in [4.78, 5) is 11.9. The molecule has 5 heteroatoms. The first-order chi connectivity index (χ1) is 15.6. The van der Waals surface area contributed by atoms with E-state index in [4.69, 9.17) is 14.2 Å². The molecule has 2 aromatic rings. The topological polar surface area (TPSA) is 44.8 Å². The Labute approximate surface area is 192 Å². The smallest absolute Gasteiger partial charge is 0.346 e. The summed E-state index contributed by atoms with van der Waals surface area (Å²) in [5, 5.41) is 0. The van der Waals surface area contributed by atoms with E-state index in [1.165, 1.54) is 32.1 Å². The average Bonchev–Trinajstić information content (AvgIpc) is 2.82. The largest absolute Gasteiger partial charge is 0.494 e. The Hall–Kier alpha value is -2.40. The second kappa shape index (κ2) is 15.4. The Morgan fingerprint density at radius 1 is 0.750 bits per heavy atom. The molecule has 0 radical (unpaired) electrons. The van der Waals surface area contributed by atoms with E-state index in [1.54, 1.807) is 12.1 Å². The van der Waals surface area contributed by atoms with Crippen molar-refractivity contribution < 1.29 is 23.4 Å². The highest BCUT2D eigenvalue weighted by Crippen LogP contribution is 2.25. The molecule has 0 N–H and O–H groups in total. The molecule has 1 unspecified atom stereocenters. The highest BCUT2D eigenvalue weighted by atomic mass is 19.1. The molecule has 2 rings (SSSR count). The summed E-state index contributed by atoms with van der Waals surface area (Å²) in [6, 6.07) is 15.0. The monoisotopic (exact) mass is 444 g/mol. The van der Waals surface area contributed by atoms with E-state index in [9.17, 15) is 9.18 Å². The lowest BCUT2D eigenvalue weighted by molar-refractivity contribution is -0.140. The summed E-state index contributed by atoms with van der Waals surface area (Å²) in [6.45, 7) is 5.72. The summed E-state index contributed by atoms with van der Waals surface area (Å²) < 4.78 is 30.1. The minimum atomic E-state index is -1.68. The van der Waals surface area contributed by atoms with E-state index in [0.29, 0.717) is 12.4 Å². The maximum Gasteiger partial charge on any atom is 0.346 e. The lowest BCUT2D eigenvalue weighted by Crippen LogP contribution is -2.23. The van der Waals surface area contributed by atoms with Crippen LogP contribution in [0.5, 0.6) is 11.5 Å².